The van der Waals surface area contributed by atoms with E-state index in [9.17, 15) is 14.4 Å². The van der Waals surface area contributed by atoms with Crippen molar-refractivity contribution in [3.63, 3.8) is 0 Å². The van der Waals surface area contributed by atoms with E-state index in [1.807, 2.05) is 36.4 Å². The summed E-state index contributed by atoms with van der Waals surface area (Å²) in [4.78, 5) is 35.4. The van der Waals surface area contributed by atoms with Crippen LogP contribution in [0.4, 0.5) is 15.3 Å². The molecule has 34 heavy (non-hydrogen) atoms. The third-order valence-electron chi connectivity index (χ3n) is 5.74. The molecule has 1 atom stereocenters. The molecule has 3 amide bonds. The van der Waals surface area contributed by atoms with Gasteiger partial charge in [-0.1, -0.05) is 60.7 Å². The Balaban J connectivity index is 1.27. The Morgan fingerprint density at radius 2 is 1.50 bits per heavy atom. The Labute approximate surface area is 197 Å². The van der Waals surface area contributed by atoms with Crippen molar-refractivity contribution in [3.8, 4) is 11.1 Å². The van der Waals surface area contributed by atoms with Gasteiger partial charge >= 0.3 is 12.2 Å². The molecular formula is C26H25N3O5. The van der Waals surface area contributed by atoms with E-state index < -0.39 is 18.2 Å². The van der Waals surface area contributed by atoms with Gasteiger partial charge in [0.2, 0.25) is 5.91 Å². The molecule has 8 heteroatoms. The molecule has 3 aromatic carbocycles. The fraction of sp³-hybridized carbons (Fsp3) is 0.192. The smallest absolute Gasteiger partial charge is 0.409 e. The molecule has 0 bridgehead atoms. The van der Waals surface area contributed by atoms with Crippen molar-refractivity contribution in [2.24, 2.45) is 0 Å². The van der Waals surface area contributed by atoms with Gasteiger partial charge in [-0.25, -0.2) is 9.59 Å². The average molecular weight is 460 g/mol. The Kier molecular flexibility index (Phi) is 6.77. The molecule has 3 aromatic rings. The second-order valence-corrected chi connectivity index (χ2v) is 8.04. The van der Waals surface area contributed by atoms with Crippen LogP contribution in [0.5, 0.6) is 0 Å². The molecule has 0 aliphatic heterocycles. The van der Waals surface area contributed by atoms with Gasteiger partial charge in [-0.05, 0) is 46.9 Å². The van der Waals surface area contributed by atoms with E-state index in [0.29, 0.717) is 5.69 Å². The number of carbonyl (C=O) groups is 3. The van der Waals surface area contributed by atoms with Crippen LogP contribution in [0.2, 0.25) is 0 Å². The molecule has 8 nitrogen and oxygen atoms in total. The van der Waals surface area contributed by atoms with Crippen molar-refractivity contribution in [2.45, 2.75) is 25.4 Å². The van der Waals surface area contributed by atoms with E-state index >= 15 is 0 Å². The van der Waals surface area contributed by atoms with Crippen molar-refractivity contribution in [1.29, 1.82) is 0 Å². The Hall–Kier alpha value is -4.33. The SMILES string of the molecule is C[C@H](NC(=O)OCC1c2ccccc2-c2ccccc21)C(=O)NCc1ccc(NC(=O)O)cc1. The molecule has 0 saturated heterocycles. The molecule has 1 aliphatic carbocycles. The standard InChI is InChI=1S/C26H25N3O5/c1-16(24(30)27-14-17-10-12-18(13-11-17)29-25(31)32)28-26(33)34-15-23-21-8-4-2-6-19(21)20-7-3-5-9-22(20)23/h2-13,16,23,29H,14-15H2,1H3,(H,27,30)(H,28,33)(H,31,32)/t16-/m0/s1. The van der Waals surface area contributed by atoms with Gasteiger partial charge in [0.25, 0.3) is 0 Å². The van der Waals surface area contributed by atoms with Crippen molar-refractivity contribution in [2.75, 3.05) is 11.9 Å². The number of benzene rings is 3. The Morgan fingerprint density at radius 1 is 0.912 bits per heavy atom. The van der Waals surface area contributed by atoms with Gasteiger partial charge in [-0.15, -0.1) is 0 Å². The van der Waals surface area contributed by atoms with Crippen LogP contribution in [0.3, 0.4) is 0 Å². The lowest BCUT2D eigenvalue weighted by Crippen LogP contribution is -2.45. The highest BCUT2D eigenvalue weighted by molar-refractivity contribution is 5.85. The first-order chi connectivity index (χ1) is 16.4. The van der Waals surface area contributed by atoms with Crippen LogP contribution in [0, 0.1) is 0 Å². The van der Waals surface area contributed by atoms with Gasteiger partial charge in [-0.2, -0.15) is 0 Å². The summed E-state index contributed by atoms with van der Waals surface area (Å²) in [5, 5.41) is 16.3. The molecule has 0 fully saturated rings. The Bertz CT molecular complexity index is 1160. The van der Waals surface area contributed by atoms with E-state index in [-0.39, 0.29) is 25.0 Å². The fourth-order valence-electron chi connectivity index (χ4n) is 4.05. The van der Waals surface area contributed by atoms with E-state index in [1.54, 1.807) is 31.2 Å². The predicted molar refractivity (Wildman–Crippen MR) is 128 cm³/mol. The molecule has 0 unspecified atom stereocenters. The van der Waals surface area contributed by atoms with E-state index in [1.165, 1.54) is 0 Å². The second-order valence-electron chi connectivity index (χ2n) is 8.04. The van der Waals surface area contributed by atoms with Gasteiger partial charge < -0.3 is 20.5 Å². The predicted octanol–water partition coefficient (Wildman–Crippen LogP) is 4.32. The summed E-state index contributed by atoms with van der Waals surface area (Å²) in [5.74, 6) is -0.415. The van der Waals surface area contributed by atoms with Crippen LogP contribution in [0.1, 0.15) is 29.5 Å². The topological polar surface area (TPSA) is 117 Å². The van der Waals surface area contributed by atoms with Crippen molar-refractivity contribution < 1.29 is 24.2 Å². The van der Waals surface area contributed by atoms with Crippen LogP contribution in [0.25, 0.3) is 11.1 Å². The number of amides is 3. The number of anilines is 1. The number of nitrogens with one attached hydrogen (secondary N) is 3. The largest absolute Gasteiger partial charge is 0.465 e. The van der Waals surface area contributed by atoms with Gasteiger partial charge in [0, 0.05) is 18.2 Å². The average Bonchev–Trinajstić information content (AvgIpc) is 3.15. The summed E-state index contributed by atoms with van der Waals surface area (Å²) in [6, 6.07) is 22.0. The number of alkyl carbamates (subject to hydrolysis) is 1. The quantitative estimate of drug-likeness (QED) is 0.420. The van der Waals surface area contributed by atoms with Crippen LogP contribution in [0.15, 0.2) is 72.8 Å². The number of ether oxygens (including phenoxy) is 1. The minimum atomic E-state index is -1.14. The minimum Gasteiger partial charge on any atom is -0.465 e. The molecule has 0 heterocycles. The lowest BCUT2D eigenvalue weighted by atomic mass is 9.98. The zero-order valence-electron chi connectivity index (χ0n) is 18.6. The molecule has 1 aliphatic rings. The van der Waals surface area contributed by atoms with Crippen LogP contribution in [-0.4, -0.2) is 35.8 Å². The molecule has 0 radical (unpaired) electrons. The first kappa shape index (κ1) is 22.8. The zero-order chi connectivity index (χ0) is 24.1. The molecule has 0 spiro atoms. The third kappa shape index (κ3) is 5.17. The second kappa shape index (κ2) is 10.1. The normalized spacial score (nSPS) is 12.7. The van der Waals surface area contributed by atoms with E-state index in [2.05, 4.69) is 28.1 Å². The summed E-state index contributed by atoms with van der Waals surface area (Å²) >= 11 is 0. The van der Waals surface area contributed by atoms with Gasteiger partial charge in [-0.3, -0.25) is 10.1 Å². The number of hydrogen-bond acceptors (Lipinski definition) is 4. The summed E-state index contributed by atoms with van der Waals surface area (Å²) in [5.41, 5.74) is 5.75. The molecule has 0 saturated carbocycles. The van der Waals surface area contributed by atoms with Crippen molar-refractivity contribution in [3.05, 3.63) is 89.5 Å². The number of rotatable bonds is 7. The molecule has 4 rings (SSSR count). The number of fused-ring (bicyclic) bond motifs is 3. The summed E-state index contributed by atoms with van der Waals surface area (Å²) < 4.78 is 5.48. The summed E-state index contributed by atoms with van der Waals surface area (Å²) in [7, 11) is 0. The maximum absolute atomic E-state index is 12.4. The van der Waals surface area contributed by atoms with E-state index in [0.717, 1.165) is 27.8 Å². The van der Waals surface area contributed by atoms with E-state index in [4.69, 9.17) is 9.84 Å². The van der Waals surface area contributed by atoms with Crippen LogP contribution in [-0.2, 0) is 16.1 Å². The molecule has 0 aromatic heterocycles. The first-order valence-corrected chi connectivity index (χ1v) is 10.9. The highest BCUT2D eigenvalue weighted by Gasteiger charge is 2.29. The highest BCUT2D eigenvalue weighted by Crippen LogP contribution is 2.44. The Morgan fingerprint density at radius 3 is 2.09 bits per heavy atom. The summed E-state index contributed by atoms with van der Waals surface area (Å²) in [6.45, 7) is 1.99. The maximum Gasteiger partial charge on any atom is 0.409 e. The number of carbonyl (C=O) groups excluding carboxylic acids is 2. The first-order valence-electron chi connectivity index (χ1n) is 10.9. The summed E-state index contributed by atoms with van der Waals surface area (Å²) in [6.07, 6.45) is -1.80. The highest BCUT2D eigenvalue weighted by atomic mass is 16.5. The van der Waals surface area contributed by atoms with Crippen LogP contribution < -0.4 is 16.0 Å². The van der Waals surface area contributed by atoms with Crippen molar-refractivity contribution >= 4 is 23.8 Å². The van der Waals surface area contributed by atoms with Gasteiger partial charge in [0.1, 0.15) is 12.6 Å². The maximum atomic E-state index is 12.4. The third-order valence-corrected chi connectivity index (χ3v) is 5.74. The zero-order valence-corrected chi connectivity index (χ0v) is 18.6. The monoisotopic (exact) mass is 459 g/mol. The lowest BCUT2D eigenvalue weighted by Gasteiger charge is -2.17. The van der Waals surface area contributed by atoms with Gasteiger partial charge in [0.15, 0.2) is 0 Å². The van der Waals surface area contributed by atoms with Crippen LogP contribution >= 0.6 is 0 Å². The fourth-order valence-corrected chi connectivity index (χ4v) is 4.05. The minimum absolute atomic E-state index is 0.0547. The number of hydrogen-bond donors (Lipinski definition) is 4. The number of carboxylic acid groups (broad SMARTS) is 1. The molecular weight excluding hydrogens is 434 g/mol. The molecule has 174 valence electrons. The van der Waals surface area contributed by atoms with Gasteiger partial charge in [0.05, 0.1) is 0 Å². The van der Waals surface area contributed by atoms with Crippen molar-refractivity contribution in [1.82, 2.24) is 10.6 Å². The molecule has 4 N–H and O–H groups in total. The lowest BCUT2D eigenvalue weighted by molar-refractivity contribution is -0.122.